The van der Waals surface area contributed by atoms with E-state index in [-0.39, 0.29) is 18.1 Å². The fourth-order valence-electron chi connectivity index (χ4n) is 2.29. The number of nitrogens with zero attached hydrogens (tertiary/aromatic N) is 4. The molecule has 0 radical (unpaired) electrons. The number of fused-ring (bicyclic) bond motifs is 1. The Morgan fingerprint density at radius 3 is 2.92 bits per heavy atom. The summed E-state index contributed by atoms with van der Waals surface area (Å²) in [6.45, 7) is 2.19. The van der Waals surface area contributed by atoms with Crippen LogP contribution in [0.25, 0.3) is 11.0 Å². The molecule has 0 aliphatic carbocycles. The zero-order chi connectivity index (χ0) is 16.9. The second-order valence-corrected chi connectivity index (χ2v) is 5.33. The van der Waals surface area contributed by atoms with Gasteiger partial charge in [-0.15, -0.1) is 5.10 Å². The highest BCUT2D eigenvalue weighted by molar-refractivity contribution is 5.99. The summed E-state index contributed by atoms with van der Waals surface area (Å²) in [4.78, 5) is 11.9. The van der Waals surface area contributed by atoms with Crippen LogP contribution in [0.3, 0.4) is 0 Å². The molecular weight excluding hydrogens is 306 g/mol. The molecule has 0 bridgehead atoms. The Kier molecular flexibility index (Phi) is 4.51. The number of rotatable bonds is 5. The first kappa shape index (κ1) is 15.7. The van der Waals surface area contributed by atoms with E-state index >= 15 is 0 Å². The van der Waals surface area contributed by atoms with Crippen LogP contribution in [0.1, 0.15) is 18.9 Å². The molecule has 0 atom stereocenters. The number of hydrazone groups is 1. The van der Waals surface area contributed by atoms with Crippen molar-refractivity contribution in [2.24, 2.45) is 5.10 Å². The van der Waals surface area contributed by atoms with Crippen molar-refractivity contribution < 1.29 is 9.90 Å². The van der Waals surface area contributed by atoms with Gasteiger partial charge in [-0.25, -0.2) is 10.1 Å². The number of hydrogen-bond donors (Lipinski definition) is 2. The number of phenols is 1. The van der Waals surface area contributed by atoms with E-state index in [1.54, 1.807) is 29.8 Å². The molecular formula is C17H17N5O2. The Bertz CT molecular complexity index is 901. The summed E-state index contributed by atoms with van der Waals surface area (Å²) in [6.07, 6.45) is 0.240. The lowest BCUT2D eigenvalue weighted by Gasteiger charge is -2.04. The van der Waals surface area contributed by atoms with Gasteiger partial charge in [0.05, 0.1) is 17.8 Å². The number of phenolic OH excluding ortho intramolecular Hbond substituents is 1. The number of carbonyl (C=O) groups is 1. The minimum Gasteiger partial charge on any atom is -0.508 e. The van der Waals surface area contributed by atoms with E-state index < -0.39 is 0 Å². The monoisotopic (exact) mass is 323 g/mol. The van der Waals surface area contributed by atoms with Crippen molar-refractivity contribution in [3.05, 3.63) is 54.1 Å². The first-order chi connectivity index (χ1) is 11.6. The molecule has 24 heavy (non-hydrogen) atoms. The zero-order valence-corrected chi connectivity index (χ0v) is 13.2. The van der Waals surface area contributed by atoms with Crippen molar-refractivity contribution in [3.63, 3.8) is 0 Å². The molecule has 0 aliphatic heterocycles. The van der Waals surface area contributed by atoms with Crippen LogP contribution in [0.4, 0.5) is 0 Å². The van der Waals surface area contributed by atoms with Crippen LogP contribution in [0.2, 0.25) is 0 Å². The number of benzene rings is 2. The van der Waals surface area contributed by atoms with Crippen molar-refractivity contribution >= 4 is 22.7 Å². The average Bonchev–Trinajstić information content (AvgIpc) is 3.01. The van der Waals surface area contributed by atoms with Crippen LogP contribution >= 0.6 is 0 Å². The minimum atomic E-state index is -0.214. The second kappa shape index (κ2) is 6.91. The maximum Gasteiger partial charge on any atom is 0.241 e. The van der Waals surface area contributed by atoms with Crippen molar-refractivity contribution in [2.45, 2.75) is 19.9 Å². The first-order valence-electron chi connectivity index (χ1n) is 7.54. The van der Waals surface area contributed by atoms with Gasteiger partial charge in [-0.1, -0.05) is 29.5 Å². The molecule has 1 aromatic heterocycles. The quantitative estimate of drug-likeness (QED) is 0.555. The van der Waals surface area contributed by atoms with Gasteiger partial charge in [0.2, 0.25) is 5.91 Å². The minimum absolute atomic E-state index is 0.159. The molecule has 2 N–H and O–H groups in total. The van der Waals surface area contributed by atoms with Gasteiger partial charge in [0.25, 0.3) is 0 Å². The number of aromatic hydroxyl groups is 1. The molecule has 7 nitrogen and oxygen atoms in total. The zero-order valence-electron chi connectivity index (χ0n) is 13.2. The van der Waals surface area contributed by atoms with Crippen LogP contribution in [-0.2, 0) is 11.3 Å². The summed E-state index contributed by atoms with van der Waals surface area (Å²) in [5.74, 6) is -0.0551. The lowest BCUT2D eigenvalue weighted by molar-refractivity contribution is -0.121. The topological polar surface area (TPSA) is 92.4 Å². The Morgan fingerprint density at radius 1 is 1.25 bits per heavy atom. The number of para-hydroxylation sites is 1. The number of hydrogen-bond acceptors (Lipinski definition) is 5. The number of carbonyl (C=O) groups excluding carboxylic acids is 1. The standard InChI is InChI=1S/C17H17N5O2/c1-12(13-5-4-6-14(23)11-13)18-20-17(24)9-10-22-16-8-3-2-7-15(16)19-21-22/h2-8,11,23H,9-10H2,1H3,(H,20,24)/b18-12-. The second-order valence-electron chi connectivity index (χ2n) is 5.33. The fourth-order valence-corrected chi connectivity index (χ4v) is 2.29. The van der Waals surface area contributed by atoms with E-state index in [1.807, 2.05) is 30.3 Å². The van der Waals surface area contributed by atoms with Crippen LogP contribution < -0.4 is 5.43 Å². The van der Waals surface area contributed by atoms with Crippen molar-refractivity contribution in [1.82, 2.24) is 20.4 Å². The van der Waals surface area contributed by atoms with Crippen molar-refractivity contribution in [1.29, 1.82) is 0 Å². The Labute approximate surface area is 138 Å². The van der Waals surface area contributed by atoms with Gasteiger partial charge < -0.3 is 5.11 Å². The molecule has 0 unspecified atom stereocenters. The molecule has 0 saturated carbocycles. The van der Waals surface area contributed by atoms with E-state index in [4.69, 9.17) is 0 Å². The van der Waals surface area contributed by atoms with Gasteiger partial charge in [-0.05, 0) is 31.2 Å². The molecule has 122 valence electrons. The third kappa shape index (κ3) is 3.57. The largest absolute Gasteiger partial charge is 0.508 e. The van der Waals surface area contributed by atoms with E-state index in [0.717, 1.165) is 16.6 Å². The molecule has 0 aliphatic rings. The smallest absolute Gasteiger partial charge is 0.241 e. The van der Waals surface area contributed by atoms with E-state index in [2.05, 4.69) is 20.8 Å². The molecule has 1 amide bonds. The predicted molar refractivity (Wildman–Crippen MR) is 90.6 cm³/mol. The number of aromatic nitrogens is 3. The van der Waals surface area contributed by atoms with Gasteiger partial charge in [0.15, 0.2) is 0 Å². The normalized spacial score (nSPS) is 11.6. The summed E-state index contributed by atoms with van der Waals surface area (Å²) in [5.41, 5.74) is 5.58. The summed E-state index contributed by atoms with van der Waals surface area (Å²) in [6, 6.07) is 14.3. The molecule has 0 fully saturated rings. The predicted octanol–water partition coefficient (Wildman–Crippen LogP) is 2.07. The lowest BCUT2D eigenvalue weighted by atomic mass is 10.1. The third-order valence-electron chi connectivity index (χ3n) is 3.58. The van der Waals surface area contributed by atoms with Crippen LogP contribution in [0.5, 0.6) is 5.75 Å². The molecule has 0 saturated heterocycles. The highest BCUT2D eigenvalue weighted by Gasteiger charge is 2.06. The van der Waals surface area contributed by atoms with Gasteiger partial charge in [0.1, 0.15) is 11.3 Å². The van der Waals surface area contributed by atoms with E-state index in [9.17, 15) is 9.90 Å². The maximum atomic E-state index is 11.9. The van der Waals surface area contributed by atoms with Crippen molar-refractivity contribution in [3.8, 4) is 5.75 Å². The molecule has 7 heteroatoms. The molecule has 1 heterocycles. The summed E-state index contributed by atoms with van der Waals surface area (Å²) in [7, 11) is 0. The fraction of sp³-hybridized carbons (Fsp3) is 0.176. The Balaban J connectivity index is 1.59. The Hall–Kier alpha value is -3.22. The lowest BCUT2D eigenvalue weighted by Crippen LogP contribution is -2.21. The van der Waals surface area contributed by atoms with E-state index in [1.165, 1.54) is 0 Å². The number of amides is 1. The molecule has 0 spiro atoms. The third-order valence-corrected chi connectivity index (χ3v) is 3.58. The summed E-state index contributed by atoms with van der Waals surface area (Å²) in [5, 5.41) is 21.6. The molecule has 3 aromatic rings. The van der Waals surface area contributed by atoms with Crippen molar-refractivity contribution in [2.75, 3.05) is 0 Å². The van der Waals surface area contributed by atoms with Gasteiger partial charge in [-0.2, -0.15) is 5.10 Å². The SMILES string of the molecule is C/C(=N/NC(=O)CCn1nnc2ccccc21)c1cccc(O)c1. The summed E-state index contributed by atoms with van der Waals surface area (Å²) < 4.78 is 1.70. The highest BCUT2D eigenvalue weighted by Crippen LogP contribution is 2.12. The average molecular weight is 323 g/mol. The van der Waals surface area contributed by atoms with Crippen LogP contribution in [-0.4, -0.2) is 31.7 Å². The van der Waals surface area contributed by atoms with Gasteiger partial charge >= 0.3 is 0 Å². The van der Waals surface area contributed by atoms with Gasteiger partial charge in [0, 0.05) is 12.0 Å². The Morgan fingerprint density at radius 2 is 2.08 bits per heavy atom. The summed E-state index contributed by atoms with van der Waals surface area (Å²) >= 11 is 0. The van der Waals surface area contributed by atoms with Crippen LogP contribution in [0, 0.1) is 0 Å². The molecule has 3 rings (SSSR count). The van der Waals surface area contributed by atoms with Crippen LogP contribution in [0.15, 0.2) is 53.6 Å². The highest BCUT2D eigenvalue weighted by atomic mass is 16.3. The molecule has 2 aromatic carbocycles. The van der Waals surface area contributed by atoms with Gasteiger partial charge in [-0.3, -0.25) is 4.79 Å². The number of nitrogens with one attached hydrogen (secondary N) is 1. The maximum absolute atomic E-state index is 11.9. The number of aryl methyl sites for hydroxylation is 1. The first-order valence-corrected chi connectivity index (χ1v) is 7.54. The van der Waals surface area contributed by atoms with E-state index in [0.29, 0.717) is 12.3 Å².